The summed E-state index contributed by atoms with van der Waals surface area (Å²) < 4.78 is 4.93. The SMILES string of the molecule is c1ccc2c(-c3ccc4sc5cc6c(cc5c4c3)c3cccc4c5nc7ccccc7nc5n6c34)cccc2c1. The van der Waals surface area contributed by atoms with Crippen molar-refractivity contribution in [3.8, 4) is 11.1 Å². The molecule has 4 aromatic heterocycles. The Hall–Kier alpha value is -5.06. The molecule has 0 atom stereocenters. The Morgan fingerprint density at radius 3 is 2.23 bits per heavy atom. The Kier molecular flexibility index (Phi) is 3.81. The van der Waals surface area contributed by atoms with Crippen molar-refractivity contribution in [2.45, 2.75) is 0 Å². The molecule has 0 aliphatic carbocycles. The molecule has 184 valence electrons. The maximum absolute atomic E-state index is 5.11. The standard InChI is InChI=1S/C36H19N3S/c1-2-9-22-20(7-1)8-5-10-23(22)21-15-16-32-27(17-21)28-18-26-24-11-6-12-25-34-36(38-30-14-4-3-13-29(30)37-34)39(35(24)25)31(26)19-33(28)40-32/h1-19H. The molecule has 0 bridgehead atoms. The molecule has 10 rings (SSSR count). The third-order valence-electron chi connectivity index (χ3n) is 8.50. The molecule has 0 fully saturated rings. The Balaban J connectivity index is 1.30. The Morgan fingerprint density at radius 1 is 0.525 bits per heavy atom. The molecule has 3 nitrogen and oxygen atoms in total. The molecule has 0 N–H and O–H groups in total. The number of para-hydroxylation sites is 3. The Labute approximate surface area is 231 Å². The van der Waals surface area contributed by atoms with Crippen LogP contribution in [0, 0.1) is 0 Å². The molecule has 0 amide bonds. The molecule has 0 saturated heterocycles. The summed E-state index contributed by atoms with van der Waals surface area (Å²) in [6.07, 6.45) is 0. The Morgan fingerprint density at radius 2 is 1.27 bits per heavy atom. The van der Waals surface area contributed by atoms with Gasteiger partial charge < -0.3 is 0 Å². The summed E-state index contributed by atoms with van der Waals surface area (Å²) >= 11 is 1.86. The molecule has 40 heavy (non-hydrogen) atoms. The summed E-state index contributed by atoms with van der Waals surface area (Å²) in [5, 5.41) is 8.86. The van der Waals surface area contributed by atoms with Crippen molar-refractivity contribution in [1.29, 1.82) is 0 Å². The van der Waals surface area contributed by atoms with Crippen molar-refractivity contribution in [3.05, 3.63) is 115 Å². The molecule has 0 unspecified atom stereocenters. The molecular formula is C36H19N3S. The monoisotopic (exact) mass is 525 g/mol. The molecule has 4 heteroatoms. The summed E-state index contributed by atoms with van der Waals surface area (Å²) in [7, 11) is 0. The van der Waals surface area contributed by atoms with Gasteiger partial charge in [0.15, 0.2) is 5.65 Å². The van der Waals surface area contributed by atoms with Crippen LogP contribution in [0.1, 0.15) is 0 Å². The van der Waals surface area contributed by atoms with E-state index < -0.39 is 0 Å². The van der Waals surface area contributed by atoms with Crippen LogP contribution in [0.3, 0.4) is 0 Å². The van der Waals surface area contributed by atoms with Gasteiger partial charge >= 0.3 is 0 Å². The lowest BCUT2D eigenvalue weighted by molar-refractivity contribution is 1.28. The lowest BCUT2D eigenvalue weighted by Crippen LogP contribution is -1.88. The van der Waals surface area contributed by atoms with Crippen LogP contribution in [0.2, 0.25) is 0 Å². The highest BCUT2D eigenvalue weighted by Crippen LogP contribution is 2.44. The summed E-state index contributed by atoms with van der Waals surface area (Å²) in [5.41, 5.74) is 8.69. The predicted octanol–water partition coefficient (Wildman–Crippen LogP) is 9.97. The fourth-order valence-corrected chi connectivity index (χ4v) is 7.82. The zero-order chi connectivity index (χ0) is 25.9. The van der Waals surface area contributed by atoms with E-state index >= 15 is 0 Å². The lowest BCUT2D eigenvalue weighted by atomic mass is 9.97. The van der Waals surface area contributed by atoms with Crippen LogP contribution in [0.4, 0.5) is 0 Å². The number of nitrogens with zero attached hydrogens (tertiary/aromatic N) is 3. The molecule has 0 aliphatic rings. The first-order chi connectivity index (χ1) is 19.8. The average Bonchev–Trinajstić information content (AvgIpc) is 3.64. The summed E-state index contributed by atoms with van der Waals surface area (Å²) in [6.45, 7) is 0. The van der Waals surface area contributed by atoms with E-state index in [1.165, 1.54) is 63.9 Å². The third-order valence-corrected chi connectivity index (χ3v) is 9.63. The third kappa shape index (κ3) is 2.59. The highest BCUT2D eigenvalue weighted by molar-refractivity contribution is 7.25. The molecule has 10 aromatic rings. The largest absolute Gasteiger partial charge is 0.291 e. The first-order valence-electron chi connectivity index (χ1n) is 13.5. The molecule has 4 heterocycles. The van der Waals surface area contributed by atoms with Crippen LogP contribution < -0.4 is 0 Å². The highest BCUT2D eigenvalue weighted by atomic mass is 32.1. The van der Waals surface area contributed by atoms with Crippen molar-refractivity contribution in [1.82, 2.24) is 14.4 Å². The number of rotatable bonds is 1. The van der Waals surface area contributed by atoms with Gasteiger partial charge in [0.05, 0.1) is 22.1 Å². The highest BCUT2D eigenvalue weighted by Gasteiger charge is 2.21. The average molecular weight is 526 g/mol. The van der Waals surface area contributed by atoms with Crippen LogP contribution in [0.25, 0.3) is 91.5 Å². The van der Waals surface area contributed by atoms with Gasteiger partial charge in [-0.05, 0) is 58.3 Å². The van der Waals surface area contributed by atoms with Crippen LogP contribution >= 0.6 is 11.3 Å². The van der Waals surface area contributed by atoms with Crippen LogP contribution in [-0.4, -0.2) is 14.4 Å². The summed E-state index contributed by atoms with van der Waals surface area (Å²) in [6, 6.07) is 41.7. The van der Waals surface area contributed by atoms with Gasteiger partial charge in [0.1, 0.15) is 5.52 Å². The number of thiophene rings is 1. The molecule has 0 aliphatic heterocycles. The van der Waals surface area contributed by atoms with Gasteiger partial charge in [-0.2, -0.15) is 0 Å². The van der Waals surface area contributed by atoms with Gasteiger partial charge in [-0.25, -0.2) is 9.97 Å². The second-order valence-electron chi connectivity index (χ2n) is 10.6. The predicted molar refractivity (Wildman–Crippen MR) is 170 cm³/mol. The van der Waals surface area contributed by atoms with E-state index in [9.17, 15) is 0 Å². The zero-order valence-corrected chi connectivity index (χ0v) is 22.0. The smallest absolute Gasteiger partial charge is 0.165 e. The maximum Gasteiger partial charge on any atom is 0.165 e. The number of hydrogen-bond acceptors (Lipinski definition) is 3. The van der Waals surface area contributed by atoms with Gasteiger partial charge in [-0.15, -0.1) is 11.3 Å². The van der Waals surface area contributed by atoms with Gasteiger partial charge in [-0.1, -0.05) is 78.9 Å². The summed E-state index contributed by atoms with van der Waals surface area (Å²) in [4.78, 5) is 10.2. The van der Waals surface area contributed by atoms with Gasteiger partial charge in [-0.3, -0.25) is 4.40 Å². The van der Waals surface area contributed by atoms with E-state index in [0.29, 0.717) is 0 Å². The minimum absolute atomic E-state index is 0.924. The fourth-order valence-electron chi connectivity index (χ4n) is 6.72. The Bertz CT molecular complexity index is 2650. The van der Waals surface area contributed by atoms with E-state index in [1.54, 1.807) is 0 Å². The first kappa shape index (κ1) is 20.8. The zero-order valence-electron chi connectivity index (χ0n) is 21.2. The molecule has 6 aromatic carbocycles. The topological polar surface area (TPSA) is 30.2 Å². The van der Waals surface area contributed by atoms with E-state index in [-0.39, 0.29) is 0 Å². The fraction of sp³-hybridized carbons (Fsp3) is 0. The van der Waals surface area contributed by atoms with Crippen LogP contribution in [-0.2, 0) is 0 Å². The van der Waals surface area contributed by atoms with Crippen LogP contribution in [0.15, 0.2) is 115 Å². The molecule has 0 radical (unpaired) electrons. The number of aromatic nitrogens is 3. The molecule has 0 saturated carbocycles. The van der Waals surface area contributed by atoms with Crippen LogP contribution in [0.5, 0.6) is 0 Å². The number of benzene rings is 6. The number of fused-ring (bicyclic) bond motifs is 11. The second-order valence-corrected chi connectivity index (χ2v) is 11.7. The maximum atomic E-state index is 5.11. The van der Waals surface area contributed by atoms with E-state index in [4.69, 9.17) is 9.97 Å². The van der Waals surface area contributed by atoms with E-state index in [1.807, 2.05) is 35.6 Å². The lowest BCUT2D eigenvalue weighted by Gasteiger charge is -2.07. The number of hydrogen-bond donors (Lipinski definition) is 0. The second kappa shape index (κ2) is 7.32. The van der Waals surface area contributed by atoms with E-state index in [2.05, 4.69) is 95.4 Å². The van der Waals surface area contributed by atoms with Crippen molar-refractivity contribution < 1.29 is 0 Å². The van der Waals surface area contributed by atoms with Gasteiger partial charge in [0, 0.05) is 36.3 Å². The minimum atomic E-state index is 0.924. The van der Waals surface area contributed by atoms with Crippen molar-refractivity contribution in [2.75, 3.05) is 0 Å². The molecule has 0 spiro atoms. The quantitative estimate of drug-likeness (QED) is 0.213. The normalized spacial score (nSPS) is 12.5. The van der Waals surface area contributed by atoms with E-state index in [0.717, 1.165) is 27.6 Å². The van der Waals surface area contributed by atoms with Crippen molar-refractivity contribution in [2.24, 2.45) is 0 Å². The van der Waals surface area contributed by atoms with Crippen molar-refractivity contribution in [3.63, 3.8) is 0 Å². The first-order valence-corrected chi connectivity index (χ1v) is 14.3. The van der Waals surface area contributed by atoms with Gasteiger partial charge in [0.25, 0.3) is 0 Å². The van der Waals surface area contributed by atoms with Gasteiger partial charge in [0.2, 0.25) is 0 Å². The minimum Gasteiger partial charge on any atom is -0.291 e. The van der Waals surface area contributed by atoms with Crippen molar-refractivity contribution >= 4 is 91.7 Å². The molecular weight excluding hydrogens is 506 g/mol. The summed E-state index contributed by atoms with van der Waals surface area (Å²) in [5.74, 6) is 0.